The molecule has 1 N–H and O–H groups in total. The molecule has 2 aliphatic rings. The smallest absolute Gasteiger partial charge is 0.295 e. The largest absolute Gasteiger partial charge is 0.507 e. The van der Waals surface area contributed by atoms with Crippen LogP contribution in [0.4, 0.5) is 0 Å². The topological polar surface area (TPSA) is 79.7 Å². The van der Waals surface area contributed by atoms with Gasteiger partial charge in [0.1, 0.15) is 5.76 Å². The first-order valence-corrected chi connectivity index (χ1v) is 9.50. The van der Waals surface area contributed by atoms with E-state index in [1.807, 2.05) is 0 Å². The highest BCUT2D eigenvalue weighted by atomic mass is 35.5. The van der Waals surface area contributed by atoms with Gasteiger partial charge in [-0.05, 0) is 48.7 Å². The summed E-state index contributed by atoms with van der Waals surface area (Å²) in [5.41, 5.74) is 1.14. The number of benzene rings is 1. The van der Waals surface area contributed by atoms with E-state index in [4.69, 9.17) is 16.3 Å². The molecular formula is C21H19ClN2O4. The molecule has 28 heavy (non-hydrogen) atoms. The van der Waals surface area contributed by atoms with Crippen molar-refractivity contribution in [3.63, 3.8) is 0 Å². The lowest BCUT2D eigenvalue weighted by Gasteiger charge is -2.27. The third kappa shape index (κ3) is 3.41. The van der Waals surface area contributed by atoms with Crippen molar-refractivity contribution in [1.82, 2.24) is 9.88 Å². The van der Waals surface area contributed by atoms with E-state index in [9.17, 15) is 14.7 Å². The van der Waals surface area contributed by atoms with Crippen LogP contribution in [-0.2, 0) is 14.3 Å². The molecule has 7 heteroatoms. The number of aliphatic hydroxyl groups excluding tert-OH is 1. The highest BCUT2D eigenvalue weighted by Gasteiger charge is 2.47. The second-order valence-corrected chi connectivity index (χ2v) is 7.32. The number of halogens is 1. The molecule has 0 aliphatic carbocycles. The maximum Gasteiger partial charge on any atom is 0.295 e. The van der Waals surface area contributed by atoms with E-state index in [-0.39, 0.29) is 17.4 Å². The number of aliphatic hydroxyl groups is 1. The Morgan fingerprint density at radius 1 is 1.25 bits per heavy atom. The number of nitrogens with zero attached hydrogens (tertiary/aromatic N) is 2. The Balaban J connectivity index is 1.80. The van der Waals surface area contributed by atoms with Gasteiger partial charge in [0.25, 0.3) is 11.7 Å². The molecule has 3 heterocycles. The Hall–Kier alpha value is -2.70. The number of likely N-dealkylation sites (tertiary alicyclic amines) is 1. The number of hydrogen-bond acceptors (Lipinski definition) is 5. The predicted octanol–water partition coefficient (Wildman–Crippen LogP) is 3.34. The SMILES string of the molecule is O=C1C(=O)N(CC2CCCO2)C(c2cccnc2)/C1=C(/O)c1ccc(Cl)cc1. The van der Waals surface area contributed by atoms with Gasteiger partial charge in [0.2, 0.25) is 0 Å². The van der Waals surface area contributed by atoms with Crippen molar-refractivity contribution >= 4 is 29.1 Å². The second kappa shape index (κ2) is 7.73. The monoisotopic (exact) mass is 398 g/mol. The van der Waals surface area contributed by atoms with Crippen molar-refractivity contribution < 1.29 is 19.4 Å². The molecule has 2 aromatic rings. The Morgan fingerprint density at radius 3 is 2.68 bits per heavy atom. The number of aromatic nitrogens is 1. The van der Waals surface area contributed by atoms with Gasteiger partial charge in [0.05, 0.1) is 17.7 Å². The summed E-state index contributed by atoms with van der Waals surface area (Å²) in [6.07, 6.45) is 4.87. The van der Waals surface area contributed by atoms with Gasteiger partial charge in [0.15, 0.2) is 0 Å². The number of carbonyl (C=O) groups is 2. The minimum Gasteiger partial charge on any atom is -0.507 e. The summed E-state index contributed by atoms with van der Waals surface area (Å²) < 4.78 is 5.66. The number of ether oxygens (including phenoxy) is 1. The normalized spacial score (nSPS) is 24.1. The number of hydrogen-bond donors (Lipinski definition) is 1. The van der Waals surface area contributed by atoms with Gasteiger partial charge >= 0.3 is 0 Å². The molecule has 0 radical (unpaired) electrons. The molecule has 0 bridgehead atoms. The van der Waals surface area contributed by atoms with E-state index in [1.54, 1.807) is 48.8 Å². The van der Waals surface area contributed by atoms with Gasteiger partial charge < -0.3 is 14.7 Å². The zero-order valence-electron chi connectivity index (χ0n) is 15.0. The van der Waals surface area contributed by atoms with Crippen LogP contribution >= 0.6 is 11.6 Å². The summed E-state index contributed by atoms with van der Waals surface area (Å²) in [4.78, 5) is 31.3. The first-order valence-electron chi connectivity index (χ1n) is 9.12. The van der Waals surface area contributed by atoms with Gasteiger partial charge in [-0.15, -0.1) is 0 Å². The molecule has 2 unspecified atom stereocenters. The molecule has 0 spiro atoms. The lowest BCUT2D eigenvalue weighted by molar-refractivity contribution is -0.140. The molecule has 2 atom stereocenters. The fourth-order valence-corrected chi connectivity index (χ4v) is 3.85. The number of Topliss-reactive ketones (excluding diaryl/α,β-unsaturated/α-hetero) is 1. The molecule has 1 aromatic heterocycles. The van der Waals surface area contributed by atoms with Gasteiger partial charge in [-0.2, -0.15) is 0 Å². The van der Waals surface area contributed by atoms with Crippen LogP contribution in [0.25, 0.3) is 5.76 Å². The highest BCUT2D eigenvalue weighted by Crippen LogP contribution is 2.39. The van der Waals surface area contributed by atoms with Crippen molar-refractivity contribution in [3.05, 3.63) is 70.5 Å². The van der Waals surface area contributed by atoms with E-state index in [1.165, 1.54) is 4.90 Å². The number of amides is 1. The van der Waals surface area contributed by atoms with Crippen molar-refractivity contribution in [2.75, 3.05) is 13.2 Å². The molecule has 2 saturated heterocycles. The molecule has 1 amide bonds. The van der Waals surface area contributed by atoms with Crippen LogP contribution in [0.15, 0.2) is 54.4 Å². The number of rotatable bonds is 4. The quantitative estimate of drug-likeness (QED) is 0.485. The van der Waals surface area contributed by atoms with E-state index < -0.39 is 17.7 Å². The van der Waals surface area contributed by atoms with Gasteiger partial charge in [0, 0.05) is 36.1 Å². The second-order valence-electron chi connectivity index (χ2n) is 6.88. The van der Waals surface area contributed by atoms with E-state index in [0.29, 0.717) is 29.3 Å². The number of ketones is 1. The maximum atomic E-state index is 12.9. The highest BCUT2D eigenvalue weighted by molar-refractivity contribution is 6.46. The molecular weight excluding hydrogens is 380 g/mol. The minimum atomic E-state index is -0.714. The zero-order valence-corrected chi connectivity index (χ0v) is 15.8. The van der Waals surface area contributed by atoms with Crippen LogP contribution in [0, 0.1) is 0 Å². The molecule has 2 aliphatic heterocycles. The lowest BCUT2D eigenvalue weighted by atomic mass is 9.96. The van der Waals surface area contributed by atoms with E-state index >= 15 is 0 Å². The zero-order chi connectivity index (χ0) is 19.7. The summed E-state index contributed by atoms with van der Waals surface area (Å²) in [7, 11) is 0. The maximum absolute atomic E-state index is 12.9. The van der Waals surface area contributed by atoms with Crippen LogP contribution in [0.3, 0.4) is 0 Å². The fraction of sp³-hybridized carbons (Fsp3) is 0.286. The third-order valence-corrected chi connectivity index (χ3v) is 5.33. The average molecular weight is 399 g/mol. The van der Waals surface area contributed by atoms with Crippen LogP contribution in [0.5, 0.6) is 0 Å². The molecule has 4 rings (SSSR count). The van der Waals surface area contributed by atoms with Crippen LogP contribution in [-0.4, -0.2) is 45.9 Å². The van der Waals surface area contributed by atoms with E-state index in [0.717, 1.165) is 12.8 Å². The third-order valence-electron chi connectivity index (χ3n) is 5.08. The van der Waals surface area contributed by atoms with Crippen LogP contribution in [0.1, 0.15) is 30.0 Å². The molecule has 1 aromatic carbocycles. The standard InChI is InChI=1S/C21H19ClN2O4/c22-15-7-5-13(6-8-15)19(25)17-18(14-3-1-9-23-11-14)24(21(27)20(17)26)12-16-4-2-10-28-16/h1,3,5-9,11,16,18,25H,2,4,10,12H2/b19-17-. The van der Waals surface area contributed by atoms with Gasteiger partial charge in [-0.25, -0.2) is 0 Å². The molecule has 2 fully saturated rings. The van der Waals surface area contributed by atoms with Gasteiger partial charge in [-0.3, -0.25) is 14.6 Å². The summed E-state index contributed by atoms with van der Waals surface area (Å²) in [6, 6.07) is 9.30. The van der Waals surface area contributed by atoms with Crippen molar-refractivity contribution in [2.24, 2.45) is 0 Å². The molecule has 6 nitrogen and oxygen atoms in total. The summed E-state index contributed by atoms with van der Waals surface area (Å²) in [5, 5.41) is 11.4. The Kier molecular flexibility index (Phi) is 5.15. The summed E-state index contributed by atoms with van der Waals surface area (Å²) in [6.45, 7) is 0.943. The summed E-state index contributed by atoms with van der Waals surface area (Å²) in [5.74, 6) is -1.57. The fourth-order valence-electron chi connectivity index (χ4n) is 3.72. The Morgan fingerprint density at radius 2 is 2.04 bits per heavy atom. The predicted molar refractivity (Wildman–Crippen MR) is 104 cm³/mol. The Bertz CT molecular complexity index is 921. The molecule has 0 saturated carbocycles. The van der Waals surface area contributed by atoms with E-state index in [2.05, 4.69) is 4.98 Å². The first kappa shape index (κ1) is 18.7. The van der Waals surface area contributed by atoms with Crippen molar-refractivity contribution in [3.8, 4) is 0 Å². The summed E-state index contributed by atoms with van der Waals surface area (Å²) >= 11 is 5.92. The Labute approximate surface area is 167 Å². The first-order chi connectivity index (χ1) is 13.6. The van der Waals surface area contributed by atoms with Gasteiger partial charge in [-0.1, -0.05) is 17.7 Å². The van der Waals surface area contributed by atoms with Crippen LogP contribution < -0.4 is 0 Å². The lowest BCUT2D eigenvalue weighted by Crippen LogP contribution is -2.36. The van der Waals surface area contributed by atoms with Crippen molar-refractivity contribution in [1.29, 1.82) is 0 Å². The molecule has 144 valence electrons. The number of carbonyl (C=O) groups excluding carboxylic acids is 2. The van der Waals surface area contributed by atoms with Crippen LogP contribution in [0.2, 0.25) is 5.02 Å². The van der Waals surface area contributed by atoms with Crippen molar-refractivity contribution in [2.45, 2.75) is 25.0 Å². The minimum absolute atomic E-state index is 0.0540. The number of pyridine rings is 1. The average Bonchev–Trinajstić information content (AvgIpc) is 3.31.